The predicted molar refractivity (Wildman–Crippen MR) is 216 cm³/mol. The first-order chi connectivity index (χ1) is 20.8. The van der Waals surface area contributed by atoms with Crippen LogP contribution in [0.4, 0.5) is 0 Å². The third-order valence-electron chi connectivity index (χ3n) is 8.39. The van der Waals surface area contributed by atoms with Gasteiger partial charge in [-0.15, -0.1) is 6.58 Å². The highest BCUT2D eigenvalue weighted by Crippen LogP contribution is 2.29. The molecule has 45 heavy (non-hydrogen) atoms. The summed E-state index contributed by atoms with van der Waals surface area (Å²) in [4.78, 5) is 0. The summed E-state index contributed by atoms with van der Waals surface area (Å²) in [7, 11) is 3.75. The number of hydrogen-bond donors (Lipinski definition) is 1. The zero-order valence-electron chi connectivity index (χ0n) is 34.8. The molecule has 0 saturated heterocycles. The molecular weight excluding hydrogens is 542 g/mol. The molecule has 268 valence electrons. The molecule has 0 aliphatic carbocycles. The van der Waals surface area contributed by atoms with E-state index in [2.05, 4.69) is 154 Å². The molecule has 1 aromatic rings. The van der Waals surface area contributed by atoms with Crippen LogP contribution in [0, 0.1) is 42.9 Å². The van der Waals surface area contributed by atoms with Crippen molar-refractivity contribution in [1.82, 2.24) is 5.32 Å². The van der Waals surface area contributed by atoms with E-state index in [1.807, 2.05) is 21.0 Å². The number of hydrogen-bond acceptors (Lipinski definition) is 1. The molecule has 1 rings (SSSR count). The van der Waals surface area contributed by atoms with Gasteiger partial charge in [0, 0.05) is 0 Å². The Hall–Kier alpha value is -1.60. The van der Waals surface area contributed by atoms with Crippen LogP contribution in [0.2, 0.25) is 0 Å². The Morgan fingerprint density at radius 3 is 1.47 bits per heavy atom. The minimum atomic E-state index is 0.381. The van der Waals surface area contributed by atoms with Gasteiger partial charge in [-0.3, -0.25) is 0 Å². The van der Waals surface area contributed by atoms with Gasteiger partial charge in [-0.1, -0.05) is 156 Å². The van der Waals surface area contributed by atoms with Crippen molar-refractivity contribution in [2.24, 2.45) is 29.1 Å². The van der Waals surface area contributed by atoms with Gasteiger partial charge in [0.05, 0.1) is 0 Å². The van der Waals surface area contributed by atoms with E-state index in [-0.39, 0.29) is 0 Å². The molecule has 0 heterocycles. The lowest BCUT2D eigenvalue weighted by Gasteiger charge is -2.27. The normalized spacial score (nSPS) is 12.5. The molecule has 0 spiro atoms. The first-order valence-electron chi connectivity index (χ1n) is 18.3. The van der Waals surface area contributed by atoms with Crippen LogP contribution in [-0.4, -0.2) is 14.1 Å². The van der Waals surface area contributed by atoms with Crippen LogP contribution in [0.3, 0.4) is 0 Å². The highest BCUT2D eigenvalue weighted by atomic mass is 14.7. The van der Waals surface area contributed by atoms with Gasteiger partial charge in [-0.05, 0) is 121 Å². The first kappa shape index (κ1) is 52.9. The van der Waals surface area contributed by atoms with Gasteiger partial charge in [0.1, 0.15) is 0 Å². The molecule has 0 aromatic heterocycles. The van der Waals surface area contributed by atoms with E-state index in [0.717, 1.165) is 17.8 Å². The third kappa shape index (κ3) is 38.5. The first-order valence-corrected chi connectivity index (χ1v) is 18.3. The van der Waals surface area contributed by atoms with Crippen molar-refractivity contribution in [3.8, 4) is 0 Å². The zero-order valence-corrected chi connectivity index (χ0v) is 34.8. The molecule has 0 radical (unpaired) electrons. The standard InChI is InChI=1S/C17H28.C9H18.C7H14.C6H14.C3H6.C2H7N/c1-6-13(2)12-14(3)10-11-17-15(4)8-7-9-16(17)5;1-7(2)8(3)9(4,5)6;1-5-7(4)6(2)3;1-3-5-6-4-2;2*1-3-2/h7-9,13-14H,6,10-12H2,1-5H3;8H,1H2,2-6H3;5-6H,1-4H3;3-6H2,1-2H3;3H,1H2,2H3;3H,1-2H3/b;;7-5+;;;. The van der Waals surface area contributed by atoms with Crippen molar-refractivity contribution < 1.29 is 0 Å². The monoisotopic (exact) mass is 630 g/mol. The van der Waals surface area contributed by atoms with Gasteiger partial charge in [0.15, 0.2) is 0 Å². The Bertz CT molecular complexity index is 780. The SMILES string of the molecule is C/C=C(\C)C(C)C.C=C(C)C(C)C(C)(C)C.C=CC.CCC(C)CC(C)CCc1c(C)cccc1C.CCCCCC.CNC. The maximum Gasteiger partial charge on any atom is -0.0167 e. The van der Waals surface area contributed by atoms with Gasteiger partial charge >= 0.3 is 0 Å². The van der Waals surface area contributed by atoms with Crippen LogP contribution in [0.1, 0.15) is 165 Å². The fraction of sp³-hybridized carbons (Fsp3) is 0.727. The minimum absolute atomic E-state index is 0.381. The molecule has 0 bridgehead atoms. The number of nitrogens with one attached hydrogen (secondary N) is 1. The summed E-state index contributed by atoms with van der Waals surface area (Å²) < 4.78 is 0. The second-order valence-corrected chi connectivity index (χ2v) is 14.5. The second-order valence-electron chi connectivity index (χ2n) is 14.5. The Morgan fingerprint density at radius 1 is 0.844 bits per heavy atom. The molecule has 1 heteroatoms. The zero-order chi connectivity index (χ0) is 36.6. The van der Waals surface area contributed by atoms with E-state index in [1.54, 1.807) is 11.6 Å². The third-order valence-corrected chi connectivity index (χ3v) is 8.39. The molecule has 3 atom stereocenters. The summed E-state index contributed by atoms with van der Waals surface area (Å²) in [6.07, 6.45) is 14.7. The topological polar surface area (TPSA) is 12.0 Å². The summed E-state index contributed by atoms with van der Waals surface area (Å²) in [6.45, 7) is 44.9. The van der Waals surface area contributed by atoms with Gasteiger partial charge in [-0.2, -0.15) is 0 Å². The molecule has 1 N–H and O–H groups in total. The number of allylic oxidation sites excluding steroid dienone is 4. The summed E-state index contributed by atoms with van der Waals surface area (Å²) in [5.74, 6) is 3.08. The molecule has 1 aromatic carbocycles. The Balaban J connectivity index is -0.000000161. The maximum atomic E-state index is 3.92. The van der Waals surface area contributed by atoms with Crippen LogP contribution in [-0.2, 0) is 6.42 Å². The van der Waals surface area contributed by atoms with E-state index in [0.29, 0.717) is 11.3 Å². The second kappa shape index (κ2) is 35.3. The van der Waals surface area contributed by atoms with Crippen molar-refractivity contribution in [2.45, 2.75) is 169 Å². The summed E-state index contributed by atoms with van der Waals surface area (Å²) in [5, 5.41) is 2.75. The highest BCUT2D eigenvalue weighted by molar-refractivity contribution is 5.33. The smallest absolute Gasteiger partial charge is 0.0167 e. The summed E-state index contributed by atoms with van der Waals surface area (Å²) in [5.41, 5.74) is 7.62. The molecule has 0 fully saturated rings. The fourth-order valence-corrected chi connectivity index (χ4v) is 4.18. The number of rotatable bonds is 11. The van der Waals surface area contributed by atoms with Gasteiger partial charge < -0.3 is 5.32 Å². The van der Waals surface area contributed by atoms with Crippen molar-refractivity contribution in [3.05, 3.63) is 71.3 Å². The quantitative estimate of drug-likeness (QED) is 0.190. The summed E-state index contributed by atoms with van der Waals surface area (Å²) >= 11 is 0. The van der Waals surface area contributed by atoms with Crippen molar-refractivity contribution in [3.63, 3.8) is 0 Å². The molecule has 3 unspecified atom stereocenters. The van der Waals surface area contributed by atoms with Gasteiger partial charge in [0.2, 0.25) is 0 Å². The van der Waals surface area contributed by atoms with Crippen LogP contribution in [0.25, 0.3) is 0 Å². The minimum Gasteiger partial charge on any atom is -0.323 e. The fourth-order valence-electron chi connectivity index (χ4n) is 4.18. The van der Waals surface area contributed by atoms with E-state index < -0.39 is 0 Å². The molecule has 0 aliphatic heterocycles. The summed E-state index contributed by atoms with van der Waals surface area (Å²) in [6, 6.07) is 6.64. The molecule has 0 aliphatic rings. The molecule has 1 nitrogen and oxygen atoms in total. The number of benzene rings is 1. The van der Waals surface area contributed by atoms with E-state index in [4.69, 9.17) is 0 Å². The Kier molecular flexibility index (Phi) is 41.5. The van der Waals surface area contributed by atoms with Crippen molar-refractivity contribution >= 4 is 0 Å². The van der Waals surface area contributed by atoms with Crippen molar-refractivity contribution in [2.75, 3.05) is 14.1 Å². The molecular formula is C44H87N. The lowest BCUT2D eigenvalue weighted by Crippen LogP contribution is -2.17. The van der Waals surface area contributed by atoms with Crippen LogP contribution < -0.4 is 5.32 Å². The van der Waals surface area contributed by atoms with E-state index in [1.165, 1.54) is 73.6 Å². The van der Waals surface area contributed by atoms with Gasteiger partial charge in [-0.25, -0.2) is 0 Å². The molecule has 0 amide bonds. The number of unbranched alkanes of at least 4 members (excludes halogenated alkanes) is 3. The Labute approximate surface area is 288 Å². The lowest BCUT2D eigenvalue weighted by molar-refractivity contribution is 0.301. The average molecular weight is 630 g/mol. The number of aryl methyl sites for hydroxylation is 2. The predicted octanol–water partition coefficient (Wildman–Crippen LogP) is 14.8. The van der Waals surface area contributed by atoms with Crippen LogP contribution >= 0.6 is 0 Å². The average Bonchev–Trinajstić information content (AvgIpc) is 2.96. The maximum absolute atomic E-state index is 3.92. The van der Waals surface area contributed by atoms with Crippen molar-refractivity contribution in [1.29, 1.82) is 0 Å². The van der Waals surface area contributed by atoms with E-state index >= 15 is 0 Å². The molecule has 0 saturated carbocycles. The van der Waals surface area contributed by atoms with Crippen LogP contribution in [0.5, 0.6) is 0 Å². The Morgan fingerprint density at radius 2 is 1.24 bits per heavy atom. The van der Waals surface area contributed by atoms with E-state index in [9.17, 15) is 0 Å². The van der Waals surface area contributed by atoms with Gasteiger partial charge in [0.25, 0.3) is 0 Å². The highest BCUT2D eigenvalue weighted by Gasteiger charge is 2.19. The van der Waals surface area contributed by atoms with Crippen LogP contribution in [0.15, 0.2) is 54.7 Å². The largest absolute Gasteiger partial charge is 0.323 e. The lowest BCUT2D eigenvalue weighted by atomic mass is 9.78.